The Hall–Kier alpha value is -3.13. The summed E-state index contributed by atoms with van der Waals surface area (Å²) in [5, 5.41) is 10.6. The lowest BCUT2D eigenvalue weighted by atomic mass is 10.2. The summed E-state index contributed by atoms with van der Waals surface area (Å²) in [5.41, 5.74) is 1.54. The van der Waals surface area contributed by atoms with Crippen molar-refractivity contribution in [3.63, 3.8) is 0 Å². The number of carbonyl (C=O) groups is 2. The lowest BCUT2D eigenvalue weighted by molar-refractivity contribution is -0.123. The zero-order valence-corrected chi connectivity index (χ0v) is 16.4. The number of nitrogens with zero attached hydrogens (tertiary/aromatic N) is 3. The maximum Gasteiger partial charge on any atom is 0.343 e. The van der Waals surface area contributed by atoms with Crippen molar-refractivity contribution < 1.29 is 18.8 Å². The van der Waals surface area contributed by atoms with Crippen LogP contribution >= 0.6 is 11.6 Å². The molecule has 146 valence electrons. The minimum atomic E-state index is -1.06. The molecule has 1 aromatic carbocycles. The van der Waals surface area contributed by atoms with Crippen molar-refractivity contribution in [3.05, 3.63) is 64.1 Å². The van der Waals surface area contributed by atoms with Gasteiger partial charge in [0.15, 0.2) is 11.9 Å². The maximum absolute atomic E-state index is 12.5. The Kier molecular flexibility index (Phi) is 5.79. The highest BCUT2D eigenvalue weighted by atomic mass is 35.5. The molecule has 0 saturated carbocycles. The molecule has 1 atom stereocenters. The molecule has 8 nitrogen and oxygen atoms in total. The van der Waals surface area contributed by atoms with Gasteiger partial charge in [-0.05, 0) is 26.3 Å². The van der Waals surface area contributed by atoms with Crippen LogP contribution in [0.5, 0.6) is 0 Å². The van der Waals surface area contributed by atoms with Crippen LogP contribution in [0.4, 0.5) is 5.82 Å². The molecule has 0 aliphatic carbocycles. The van der Waals surface area contributed by atoms with E-state index < -0.39 is 18.0 Å². The highest BCUT2D eigenvalue weighted by molar-refractivity contribution is 6.32. The van der Waals surface area contributed by atoms with Crippen molar-refractivity contribution in [2.24, 2.45) is 0 Å². The lowest BCUT2D eigenvalue weighted by Gasteiger charge is -2.12. The van der Waals surface area contributed by atoms with Gasteiger partial charge in [-0.15, -0.1) is 0 Å². The second-order valence-electron chi connectivity index (χ2n) is 6.25. The molecule has 0 saturated heterocycles. The highest BCUT2D eigenvalue weighted by Gasteiger charge is 2.26. The first-order chi connectivity index (χ1) is 13.3. The fourth-order valence-corrected chi connectivity index (χ4v) is 2.88. The average molecular weight is 403 g/mol. The van der Waals surface area contributed by atoms with Crippen molar-refractivity contribution in [2.45, 2.75) is 33.4 Å². The topological polar surface area (TPSA) is 99.2 Å². The van der Waals surface area contributed by atoms with E-state index in [0.29, 0.717) is 18.0 Å². The van der Waals surface area contributed by atoms with E-state index in [0.717, 1.165) is 5.56 Å². The minimum Gasteiger partial charge on any atom is -0.449 e. The summed E-state index contributed by atoms with van der Waals surface area (Å²) < 4.78 is 11.7. The Balaban J connectivity index is 1.69. The molecule has 3 rings (SSSR count). The predicted octanol–water partition coefficient (Wildman–Crippen LogP) is 3.37. The second-order valence-corrected chi connectivity index (χ2v) is 6.61. The van der Waals surface area contributed by atoms with E-state index >= 15 is 0 Å². The van der Waals surface area contributed by atoms with E-state index in [1.54, 1.807) is 19.9 Å². The van der Waals surface area contributed by atoms with Gasteiger partial charge >= 0.3 is 5.97 Å². The van der Waals surface area contributed by atoms with Crippen molar-refractivity contribution in [1.82, 2.24) is 14.9 Å². The number of aryl methyl sites for hydroxylation is 2. The zero-order valence-electron chi connectivity index (χ0n) is 15.6. The number of amides is 1. The third-order valence-electron chi connectivity index (χ3n) is 3.98. The van der Waals surface area contributed by atoms with E-state index in [-0.39, 0.29) is 16.5 Å². The van der Waals surface area contributed by atoms with E-state index in [2.05, 4.69) is 15.6 Å². The molecule has 0 spiro atoms. The van der Waals surface area contributed by atoms with Crippen LogP contribution in [0.1, 0.15) is 34.3 Å². The fourth-order valence-electron chi connectivity index (χ4n) is 2.57. The van der Waals surface area contributed by atoms with Crippen LogP contribution in [0.2, 0.25) is 5.15 Å². The summed E-state index contributed by atoms with van der Waals surface area (Å²) in [4.78, 5) is 24.7. The molecule has 28 heavy (non-hydrogen) atoms. The first-order valence-corrected chi connectivity index (χ1v) is 8.95. The highest BCUT2D eigenvalue weighted by Crippen LogP contribution is 2.22. The van der Waals surface area contributed by atoms with Gasteiger partial charge < -0.3 is 14.6 Å². The summed E-state index contributed by atoms with van der Waals surface area (Å²) in [6, 6.07) is 11.2. The number of carbonyl (C=O) groups excluding carboxylic acids is 2. The van der Waals surface area contributed by atoms with Gasteiger partial charge in [-0.2, -0.15) is 5.10 Å². The number of aromatic nitrogens is 3. The average Bonchev–Trinajstić information content (AvgIpc) is 3.18. The number of benzene rings is 1. The van der Waals surface area contributed by atoms with E-state index in [1.165, 1.54) is 11.6 Å². The molecule has 0 radical (unpaired) electrons. The molecular weight excluding hydrogens is 384 g/mol. The van der Waals surface area contributed by atoms with Gasteiger partial charge in [0.05, 0.1) is 12.2 Å². The molecule has 9 heteroatoms. The maximum atomic E-state index is 12.5. The van der Waals surface area contributed by atoms with Gasteiger partial charge in [-0.3, -0.25) is 4.79 Å². The Labute approximate surface area is 166 Å². The standard InChI is InChI=1S/C19H19ClN4O4/c1-11-9-15(23-28-11)21-18(25)13(3)27-19(26)16-12(2)22-24(17(16)20)10-14-7-5-4-6-8-14/h4-9,13H,10H2,1-3H3,(H,21,23,25)/t13-/m0/s1. The normalized spacial score (nSPS) is 11.9. The van der Waals surface area contributed by atoms with Gasteiger partial charge in [0, 0.05) is 6.07 Å². The number of halogens is 1. The molecule has 3 aromatic rings. The van der Waals surface area contributed by atoms with E-state index in [1.807, 2.05) is 30.3 Å². The number of hydrogen-bond acceptors (Lipinski definition) is 6. The van der Waals surface area contributed by atoms with Crippen LogP contribution in [0.25, 0.3) is 0 Å². The monoisotopic (exact) mass is 402 g/mol. The minimum absolute atomic E-state index is 0.134. The van der Waals surface area contributed by atoms with Crippen molar-refractivity contribution >= 4 is 29.3 Å². The Morgan fingerprint density at radius 3 is 2.64 bits per heavy atom. The molecule has 2 aromatic heterocycles. The lowest BCUT2D eigenvalue weighted by Crippen LogP contribution is -2.30. The predicted molar refractivity (Wildman–Crippen MR) is 102 cm³/mol. The molecule has 0 bridgehead atoms. The summed E-state index contributed by atoms with van der Waals surface area (Å²) >= 11 is 6.35. The number of hydrogen-bond donors (Lipinski definition) is 1. The van der Waals surface area contributed by atoms with Crippen molar-refractivity contribution in [1.29, 1.82) is 0 Å². The number of nitrogens with one attached hydrogen (secondary N) is 1. The van der Waals surface area contributed by atoms with Gasteiger partial charge in [0.25, 0.3) is 5.91 Å². The molecule has 1 N–H and O–H groups in total. The summed E-state index contributed by atoms with van der Waals surface area (Å²) in [6.45, 7) is 5.23. The number of rotatable bonds is 6. The molecule has 2 heterocycles. The number of ether oxygens (including phenoxy) is 1. The molecule has 0 aliphatic rings. The van der Waals surface area contributed by atoms with Gasteiger partial charge in [-0.1, -0.05) is 47.1 Å². The molecule has 0 aliphatic heterocycles. The van der Waals surface area contributed by atoms with Crippen LogP contribution < -0.4 is 5.32 Å². The van der Waals surface area contributed by atoms with Crippen LogP contribution in [-0.4, -0.2) is 32.9 Å². The first-order valence-electron chi connectivity index (χ1n) is 8.57. The zero-order chi connectivity index (χ0) is 20.3. The van der Waals surface area contributed by atoms with Gasteiger partial charge in [0.1, 0.15) is 16.5 Å². The Morgan fingerprint density at radius 1 is 1.29 bits per heavy atom. The van der Waals surface area contributed by atoms with E-state index in [9.17, 15) is 9.59 Å². The smallest absolute Gasteiger partial charge is 0.343 e. The summed E-state index contributed by atoms with van der Waals surface area (Å²) in [7, 11) is 0. The van der Waals surface area contributed by atoms with Crippen LogP contribution in [-0.2, 0) is 16.1 Å². The summed E-state index contributed by atoms with van der Waals surface area (Å²) in [5.74, 6) is -0.462. The third kappa shape index (κ3) is 4.40. The van der Waals surface area contributed by atoms with Crippen LogP contribution in [0.15, 0.2) is 40.9 Å². The number of anilines is 1. The van der Waals surface area contributed by atoms with Crippen molar-refractivity contribution in [3.8, 4) is 0 Å². The first kappa shape index (κ1) is 19.6. The fraction of sp³-hybridized carbons (Fsp3) is 0.263. The SMILES string of the molecule is Cc1cc(NC(=O)[C@H](C)OC(=O)c2c(C)nn(Cc3ccccc3)c2Cl)no1. The largest absolute Gasteiger partial charge is 0.449 e. The van der Waals surface area contributed by atoms with Gasteiger partial charge in [-0.25, -0.2) is 9.48 Å². The Morgan fingerprint density at radius 2 is 2.00 bits per heavy atom. The Bertz CT molecular complexity index is 997. The quantitative estimate of drug-likeness (QED) is 0.634. The molecular formula is C19H19ClN4O4. The van der Waals surface area contributed by atoms with Gasteiger partial charge in [0.2, 0.25) is 0 Å². The molecule has 1 amide bonds. The number of esters is 1. The molecule has 0 unspecified atom stereocenters. The van der Waals surface area contributed by atoms with Crippen LogP contribution in [0.3, 0.4) is 0 Å². The van der Waals surface area contributed by atoms with E-state index in [4.69, 9.17) is 20.9 Å². The van der Waals surface area contributed by atoms with Crippen molar-refractivity contribution in [2.75, 3.05) is 5.32 Å². The second kappa shape index (κ2) is 8.26. The third-order valence-corrected chi connectivity index (χ3v) is 4.36. The summed E-state index contributed by atoms with van der Waals surface area (Å²) in [6.07, 6.45) is -1.06. The van der Waals surface area contributed by atoms with Crippen LogP contribution in [0, 0.1) is 13.8 Å². The molecule has 0 fully saturated rings.